The minimum absolute atomic E-state index is 0.452. The molecule has 2 aliphatic heterocycles. The van der Waals surface area contributed by atoms with Crippen LogP contribution >= 0.6 is 0 Å². The van der Waals surface area contributed by atoms with Crippen molar-refractivity contribution in [3.8, 4) is 0 Å². The van der Waals surface area contributed by atoms with Crippen LogP contribution in [0.3, 0.4) is 0 Å². The Labute approximate surface area is 105 Å². The Balaban J connectivity index is 1.68. The molecule has 104 valence electrons. The summed E-state index contributed by atoms with van der Waals surface area (Å²) in [5, 5.41) is 28.5. The first kappa shape index (κ1) is 12.8. The summed E-state index contributed by atoms with van der Waals surface area (Å²) in [6, 6.07) is 0. The summed E-state index contributed by atoms with van der Waals surface area (Å²) < 4.78 is 17.1. The molecule has 2 heterocycles. The maximum absolute atomic E-state index is 10.1. The van der Waals surface area contributed by atoms with Crippen molar-refractivity contribution in [3.05, 3.63) is 0 Å². The first-order valence-electron chi connectivity index (χ1n) is 6.63. The number of aliphatic hydroxyl groups excluding tert-OH is 3. The van der Waals surface area contributed by atoms with Crippen LogP contribution in [0.2, 0.25) is 0 Å². The van der Waals surface area contributed by atoms with Crippen molar-refractivity contribution in [2.45, 2.75) is 68.6 Å². The Morgan fingerprint density at radius 1 is 1.17 bits per heavy atom. The lowest BCUT2D eigenvalue weighted by atomic mass is 9.94. The predicted octanol–water partition coefficient (Wildman–Crippen LogP) is -0.499. The van der Waals surface area contributed by atoms with Crippen molar-refractivity contribution >= 4 is 0 Å². The Morgan fingerprint density at radius 2 is 1.89 bits per heavy atom. The fraction of sp³-hybridized carbons (Fsp3) is 1.00. The van der Waals surface area contributed by atoms with Crippen LogP contribution in [0.1, 0.15) is 32.1 Å². The van der Waals surface area contributed by atoms with Crippen LogP contribution in [0, 0.1) is 0 Å². The molecule has 6 heteroatoms. The van der Waals surface area contributed by atoms with Crippen molar-refractivity contribution < 1.29 is 29.5 Å². The van der Waals surface area contributed by atoms with E-state index in [0.29, 0.717) is 0 Å². The molecule has 0 radical (unpaired) electrons. The molecule has 18 heavy (non-hydrogen) atoms. The van der Waals surface area contributed by atoms with Gasteiger partial charge in [0, 0.05) is 12.8 Å². The normalized spacial score (nSPS) is 44.2. The molecule has 3 N–H and O–H groups in total. The van der Waals surface area contributed by atoms with E-state index in [2.05, 4.69) is 0 Å². The summed E-state index contributed by atoms with van der Waals surface area (Å²) >= 11 is 0. The molecule has 3 rings (SSSR count). The minimum Gasteiger partial charge on any atom is -0.394 e. The van der Waals surface area contributed by atoms with Crippen molar-refractivity contribution in [2.75, 3.05) is 6.61 Å². The van der Waals surface area contributed by atoms with E-state index in [9.17, 15) is 10.2 Å². The third-order valence-corrected chi connectivity index (χ3v) is 4.10. The van der Waals surface area contributed by atoms with Gasteiger partial charge in [0.15, 0.2) is 12.1 Å². The van der Waals surface area contributed by atoms with Crippen LogP contribution in [-0.4, -0.2) is 58.4 Å². The number of ether oxygens (including phenoxy) is 3. The van der Waals surface area contributed by atoms with Gasteiger partial charge in [-0.3, -0.25) is 0 Å². The lowest BCUT2D eigenvalue weighted by molar-refractivity contribution is -0.254. The second-order valence-electron chi connectivity index (χ2n) is 5.38. The third kappa shape index (κ3) is 1.97. The smallest absolute Gasteiger partial charge is 0.190 e. The molecule has 5 atom stereocenters. The van der Waals surface area contributed by atoms with Crippen molar-refractivity contribution in [2.24, 2.45) is 0 Å². The molecule has 3 fully saturated rings. The third-order valence-electron chi connectivity index (χ3n) is 4.10. The van der Waals surface area contributed by atoms with Gasteiger partial charge >= 0.3 is 0 Å². The molecule has 0 aromatic carbocycles. The lowest BCUT2D eigenvalue weighted by Crippen LogP contribution is -2.43. The van der Waals surface area contributed by atoms with Gasteiger partial charge in [0.1, 0.15) is 24.4 Å². The van der Waals surface area contributed by atoms with Crippen molar-refractivity contribution in [1.29, 1.82) is 0 Å². The van der Waals surface area contributed by atoms with Gasteiger partial charge in [-0.15, -0.1) is 0 Å². The molecule has 1 unspecified atom stereocenters. The largest absolute Gasteiger partial charge is 0.394 e. The zero-order valence-electron chi connectivity index (χ0n) is 10.2. The van der Waals surface area contributed by atoms with E-state index >= 15 is 0 Å². The van der Waals surface area contributed by atoms with Gasteiger partial charge in [-0.2, -0.15) is 0 Å². The van der Waals surface area contributed by atoms with Crippen LogP contribution in [-0.2, 0) is 14.2 Å². The Kier molecular flexibility index (Phi) is 3.34. The maximum atomic E-state index is 10.1. The van der Waals surface area contributed by atoms with Gasteiger partial charge < -0.3 is 29.5 Å². The van der Waals surface area contributed by atoms with Gasteiger partial charge in [0.05, 0.1) is 6.61 Å². The monoisotopic (exact) mass is 260 g/mol. The van der Waals surface area contributed by atoms with Crippen LogP contribution in [0.5, 0.6) is 0 Å². The average Bonchev–Trinajstić information content (AvgIpc) is 2.86. The van der Waals surface area contributed by atoms with E-state index in [4.69, 9.17) is 19.3 Å². The molecule has 0 amide bonds. The molecule has 1 saturated carbocycles. The zero-order chi connectivity index (χ0) is 12.8. The Morgan fingerprint density at radius 3 is 2.50 bits per heavy atom. The quantitative estimate of drug-likeness (QED) is 0.620. The topological polar surface area (TPSA) is 88.4 Å². The van der Waals surface area contributed by atoms with E-state index in [0.717, 1.165) is 25.7 Å². The number of fused-ring (bicyclic) bond motifs is 1. The molecular weight excluding hydrogens is 240 g/mol. The molecule has 0 bridgehead atoms. The fourth-order valence-corrected chi connectivity index (χ4v) is 3.12. The van der Waals surface area contributed by atoms with E-state index in [1.807, 2.05) is 0 Å². The molecule has 0 aromatic heterocycles. The van der Waals surface area contributed by atoms with E-state index < -0.39 is 43.1 Å². The second kappa shape index (κ2) is 4.70. The summed E-state index contributed by atoms with van der Waals surface area (Å²) in [6.07, 6.45) is 0.824. The lowest BCUT2D eigenvalue weighted by Gasteiger charge is -2.33. The number of hydrogen-bond acceptors (Lipinski definition) is 6. The first-order valence-corrected chi connectivity index (χ1v) is 6.63. The predicted molar refractivity (Wildman–Crippen MR) is 59.5 cm³/mol. The Hall–Kier alpha value is -0.240. The standard InChI is InChI=1S/C12H20O6/c13-6-7(14)9-8(15)10-11(16-9)18-12(17-10)4-2-1-3-5-12/h7-11,13-15H,1-6H2/t7-,8-,9-,10-,11?/m1/s1. The minimum atomic E-state index is -1.11. The summed E-state index contributed by atoms with van der Waals surface area (Å²) in [4.78, 5) is 0. The highest BCUT2D eigenvalue weighted by atomic mass is 16.8. The van der Waals surface area contributed by atoms with Crippen LogP contribution in [0.15, 0.2) is 0 Å². The molecule has 1 spiro atoms. The van der Waals surface area contributed by atoms with Crippen LogP contribution < -0.4 is 0 Å². The van der Waals surface area contributed by atoms with Crippen molar-refractivity contribution in [3.63, 3.8) is 0 Å². The van der Waals surface area contributed by atoms with E-state index in [1.165, 1.54) is 6.42 Å². The first-order chi connectivity index (χ1) is 8.65. The SMILES string of the molecule is OC[C@@H](O)[C@H]1OC2OC3(CCCCC3)O[C@@H]2[C@@H]1O. The highest BCUT2D eigenvalue weighted by molar-refractivity contribution is 4.97. The average molecular weight is 260 g/mol. The Bertz CT molecular complexity index is 303. The summed E-state index contributed by atoms with van der Waals surface area (Å²) in [5.41, 5.74) is 0. The molecule has 6 nitrogen and oxygen atoms in total. The van der Waals surface area contributed by atoms with Gasteiger partial charge in [-0.1, -0.05) is 6.42 Å². The molecule has 3 aliphatic rings. The van der Waals surface area contributed by atoms with Crippen LogP contribution in [0.25, 0.3) is 0 Å². The van der Waals surface area contributed by atoms with Gasteiger partial charge in [-0.25, -0.2) is 0 Å². The molecule has 2 saturated heterocycles. The summed E-state index contributed by atoms with van der Waals surface area (Å²) in [7, 11) is 0. The molecular formula is C12H20O6. The number of rotatable bonds is 2. The molecule has 0 aromatic rings. The van der Waals surface area contributed by atoms with E-state index in [1.54, 1.807) is 0 Å². The summed E-state index contributed by atoms with van der Waals surface area (Å²) in [6.45, 7) is -0.452. The van der Waals surface area contributed by atoms with Gasteiger partial charge in [-0.05, 0) is 12.8 Å². The number of hydrogen-bond donors (Lipinski definition) is 3. The van der Waals surface area contributed by atoms with Gasteiger partial charge in [0.2, 0.25) is 0 Å². The van der Waals surface area contributed by atoms with Crippen molar-refractivity contribution in [1.82, 2.24) is 0 Å². The van der Waals surface area contributed by atoms with E-state index in [-0.39, 0.29) is 0 Å². The highest BCUT2D eigenvalue weighted by Gasteiger charge is 2.58. The van der Waals surface area contributed by atoms with Gasteiger partial charge in [0.25, 0.3) is 0 Å². The zero-order valence-corrected chi connectivity index (χ0v) is 10.2. The second-order valence-corrected chi connectivity index (χ2v) is 5.38. The highest BCUT2D eigenvalue weighted by Crippen LogP contribution is 2.45. The number of aliphatic hydroxyl groups is 3. The molecule has 1 aliphatic carbocycles. The fourth-order valence-electron chi connectivity index (χ4n) is 3.12. The maximum Gasteiger partial charge on any atom is 0.190 e. The summed E-state index contributed by atoms with van der Waals surface area (Å²) in [5.74, 6) is -0.607. The van der Waals surface area contributed by atoms with Crippen LogP contribution in [0.4, 0.5) is 0 Å².